The molecule has 1 amide bonds. The first-order valence-corrected chi connectivity index (χ1v) is 5.94. The largest absolute Gasteiger partial charge is 0.478 e. The van der Waals surface area contributed by atoms with Crippen molar-refractivity contribution < 1.29 is 19.4 Å². The molecule has 19 heavy (non-hydrogen) atoms. The molecule has 0 aliphatic heterocycles. The van der Waals surface area contributed by atoms with Gasteiger partial charge in [-0.2, -0.15) is 0 Å². The van der Waals surface area contributed by atoms with E-state index >= 15 is 0 Å². The third kappa shape index (κ3) is 3.96. The molecule has 0 saturated heterocycles. The number of aromatic carboxylic acids is 1. The Bertz CT molecular complexity index is 474. The lowest BCUT2D eigenvalue weighted by molar-refractivity contribution is -0.119. The van der Waals surface area contributed by atoms with Crippen LogP contribution in [0.3, 0.4) is 0 Å². The maximum Gasteiger partial charge on any atom is 0.335 e. The summed E-state index contributed by atoms with van der Waals surface area (Å²) in [4.78, 5) is 24.1. The summed E-state index contributed by atoms with van der Waals surface area (Å²) in [6.45, 7) is 2.77. The minimum absolute atomic E-state index is 0.0939. The molecule has 3 N–H and O–H groups in total. The highest BCUT2D eigenvalue weighted by atomic mass is 16.5. The Labute approximate surface area is 111 Å². The van der Waals surface area contributed by atoms with Crippen LogP contribution >= 0.6 is 0 Å². The molecule has 0 unspecified atom stereocenters. The van der Waals surface area contributed by atoms with Crippen LogP contribution in [0.2, 0.25) is 0 Å². The topological polar surface area (TPSA) is 92.9 Å². The molecule has 104 valence electrons. The number of hydrogen-bond acceptors (Lipinski definition) is 4. The van der Waals surface area contributed by atoms with Crippen molar-refractivity contribution in [1.82, 2.24) is 0 Å². The van der Waals surface area contributed by atoms with Crippen LogP contribution in [0.25, 0.3) is 0 Å². The second-order valence-electron chi connectivity index (χ2n) is 3.98. The summed E-state index contributed by atoms with van der Waals surface area (Å²) in [5.41, 5.74) is 6.61. The number of carbonyl (C=O) groups excluding carboxylic acids is 1. The molecule has 6 heteroatoms. The number of nitrogens with zero attached hydrogens (tertiary/aromatic N) is 1. The number of carboxylic acid groups (broad SMARTS) is 1. The third-order valence-corrected chi connectivity index (χ3v) is 2.67. The van der Waals surface area contributed by atoms with Gasteiger partial charge in [0.1, 0.15) is 0 Å². The van der Waals surface area contributed by atoms with Crippen molar-refractivity contribution in [2.45, 2.75) is 13.3 Å². The van der Waals surface area contributed by atoms with Gasteiger partial charge in [-0.05, 0) is 25.1 Å². The van der Waals surface area contributed by atoms with Gasteiger partial charge in [0.25, 0.3) is 0 Å². The fourth-order valence-electron chi connectivity index (χ4n) is 1.60. The lowest BCUT2D eigenvalue weighted by atomic mass is 10.1. The molecule has 0 spiro atoms. The molecule has 1 rings (SSSR count). The van der Waals surface area contributed by atoms with Crippen molar-refractivity contribution in [2.75, 3.05) is 30.9 Å². The number of nitrogens with two attached hydrogens (primary N) is 1. The van der Waals surface area contributed by atoms with Gasteiger partial charge < -0.3 is 20.5 Å². The minimum Gasteiger partial charge on any atom is -0.478 e. The molecule has 0 bridgehead atoms. The molecule has 1 aromatic rings. The molecule has 1 aromatic carbocycles. The zero-order valence-corrected chi connectivity index (χ0v) is 11.0. The first-order chi connectivity index (χ1) is 8.97. The lowest BCUT2D eigenvalue weighted by Crippen LogP contribution is -2.28. The van der Waals surface area contributed by atoms with Gasteiger partial charge in [0.05, 0.1) is 30.0 Å². The van der Waals surface area contributed by atoms with Gasteiger partial charge in [0, 0.05) is 13.7 Å². The third-order valence-electron chi connectivity index (χ3n) is 2.67. The van der Waals surface area contributed by atoms with Crippen molar-refractivity contribution in [2.24, 2.45) is 0 Å². The van der Waals surface area contributed by atoms with Crippen LogP contribution in [-0.2, 0) is 9.53 Å². The van der Waals surface area contributed by atoms with Crippen LogP contribution in [-0.4, -0.2) is 37.2 Å². The first-order valence-electron chi connectivity index (χ1n) is 5.94. The van der Waals surface area contributed by atoms with Crippen molar-refractivity contribution in [3.63, 3.8) is 0 Å². The number of ether oxygens (including phenoxy) is 1. The zero-order chi connectivity index (χ0) is 14.4. The summed E-state index contributed by atoms with van der Waals surface area (Å²) in [6.07, 6.45) is 0.254. The predicted octanol–water partition coefficient (Wildman–Crippen LogP) is 1.36. The summed E-state index contributed by atoms with van der Waals surface area (Å²) in [5, 5.41) is 8.84. The number of carboxylic acids is 1. The Hall–Kier alpha value is -2.08. The van der Waals surface area contributed by atoms with E-state index in [9.17, 15) is 9.59 Å². The molecular formula is C13H18N2O4. The van der Waals surface area contributed by atoms with E-state index in [0.717, 1.165) is 0 Å². The Morgan fingerprint density at radius 3 is 2.63 bits per heavy atom. The molecule has 0 heterocycles. The molecule has 0 aliphatic carbocycles. The van der Waals surface area contributed by atoms with E-state index in [0.29, 0.717) is 18.9 Å². The number of hydrogen-bond donors (Lipinski definition) is 2. The number of carbonyl (C=O) groups is 2. The fraction of sp³-hybridized carbons (Fsp3) is 0.385. The number of amides is 1. The number of benzene rings is 1. The van der Waals surface area contributed by atoms with Crippen LogP contribution in [0.15, 0.2) is 18.2 Å². The van der Waals surface area contributed by atoms with Crippen LogP contribution in [0, 0.1) is 0 Å². The van der Waals surface area contributed by atoms with Crippen LogP contribution in [0.4, 0.5) is 11.4 Å². The smallest absolute Gasteiger partial charge is 0.335 e. The maximum atomic E-state index is 11.9. The summed E-state index contributed by atoms with van der Waals surface area (Å²) in [5.74, 6) is -1.19. The molecule has 0 radical (unpaired) electrons. The van der Waals surface area contributed by atoms with E-state index in [2.05, 4.69) is 0 Å². The molecule has 0 aliphatic rings. The second kappa shape index (κ2) is 6.75. The quantitative estimate of drug-likeness (QED) is 0.599. The Kier molecular flexibility index (Phi) is 5.32. The van der Waals surface area contributed by atoms with Gasteiger partial charge in [-0.1, -0.05) is 0 Å². The van der Waals surface area contributed by atoms with Gasteiger partial charge >= 0.3 is 5.97 Å². The average Bonchev–Trinajstić information content (AvgIpc) is 2.37. The standard InChI is InChI=1S/C13H18N2O4/c1-3-19-7-6-12(16)15(2)11-5-4-9(13(17)18)8-10(11)14/h4-5,8H,3,6-7,14H2,1-2H3,(H,17,18). The second-order valence-corrected chi connectivity index (χ2v) is 3.98. The fourth-order valence-corrected chi connectivity index (χ4v) is 1.60. The monoisotopic (exact) mass is 266 g/mol. The van der Waals surface area contributed by atoms with Crippen LogP contribution in [0.5, 0.6) is 0 Å². The number of rotatable bonds is 6. The summed E-state index contributed by atoms with van der Waals surface area (Å²) >= 11 is 0. The van der Waals surface area contributed by atoms with Crippen molar-refractivity contribution in [3.8, 4) is 0 Å². The summed E-state index contributed by atoms with van der Waals surface area (Å²) < 4.78 is 5.11. The summed E-state index contributed by atoms with van der Waals surface area (Å²) in [6, 6.07) is 4.28. The van der Waals surface area contributed by atoms with E-state index in [-0.39, 0.29) is 23.6 Å². The van der Waals surface area contributed by atoms with Crippen LogP contribution in [0.1, 0.15) is 23.7 Å². The molecule has 0 saturated carbocycles. The number of anilines is 2. The highest BCUT2D eigenvalue weighted by molar-refractivity contribution is 5.97. The van der Waals surface area contributed by atoms with Gasteiger partial charge in [0.15, 0.2) is 0 Å². The van der Waals surface area contributed by atoms with E-state index in [1.54, 1.807) is 7.05 Å². The predicted molar refractivity (Wildman–Crippen MR) is 72.3 cm³/mol. The maximum absolute atomic E-state index is 11.9. The Morgan fingerprint density at radius 1 is 1.42 bits per heavy atom. The van der Waals surface area contributed by atoms with Crippen molar-refractivity contribution in [1.29, 1.82) is 0 Å². The van der Waals surface area contributed by atoms with Gasteiger partial charge in [-0.25, -0.2) is 4.79 Å². The average molecular weight is 266 g/mol. The van der Waals surface area contributed by atoms with Gasteiger partial charge in [-0.3, -0.25) is 4.79 Å². The lowest BCUT2D eigenvalue weighted by Gasteiger charge is -2.19. The highest BCUT2D eigenvalue weighted by Crippen LogP contribution is 2.24. The molecular weight excluding hydrogens is 248 g/mol. The molecule has 0 fully saturated rings. The zero-order valence-electron chi connectivity index (χ0n) is 11.0. The highest BCUT2D eigenvalue weighted by Gasteiger charge is 2.14. The SMILES string of the molecule is CCOCCC(=O)N(C)c1ccc(C(=O)O)cc1N. The van der Waals surface area contributed by atoms with Gasteiger partial charge in [0.2, 0.25) is 5.91 Å². The van der Waals surface area contributed by atoms with Gasteiger partial charge in [-0.15, -0.1) is 0 Å². The van der Waals surface area contributed by atoms with E-state index in [1.165, 1.54) is 23.1 Å². The van der Waals surface area contributed by atoms with Crippen LogP contribution < -0.4 is 10.6 Å². The Balaban J connectivity index is 2.79. The molecule has 0 aromatic heterocycles. The first kappa shape index (κ1) is 15.0. The Morgan fingerprint density at radius 2 is 2.11 bits per heavy atom. The number of nitrogen functional groups attached to an aromatic ring is 1. The van der Waals surface area contributed by atoms with Crippen molar-refractivity contribution in [3.05, 3.63) is 23.8 Å². The molecule has 6 nitrogen and oxygen atoms in total. The summed E-state index contributed by atoms with van der Waals surface area (Å²) in [7, 11) is 1.60. The molecule has 0 atom stereocenters. The van der Waals surface area contributed by atoms with E-state index < -0.39 is 5.97 Å². The van der Waals surface area contributed by atoms with E-state index in [1.807, 2.05) is 6.92 Å². The minimum atomic E-state index is -1.05. The van der Waals surface area contributed by atoms with E-state index in [4.69, 9.17) is 15.6 Å². The normalized spacial score (nSPS) is 10.2. The van der Waals surface area contributed by atoms with Crippen molar-refractivity contribution >= 4 is 23.3 Å².